The van der Waals surface area contributed by atoms with Crippen molar-refractivity contribution in [3.8, 4) is 0 Å². The van der Waals surface area contributed by atoms with E-state index in [1.807, 2.05) is 6.92 Å². The van der Waals surface area contributed by atoms with E-state index in [1.54, 1.807) is 0 Å². The molecule has 3 nitrogen and oxygen atoms in total. The fourth-order valence-corrected chi connectivity index (χ4v) is 2.88. The molecule has 0 radical (unpaired) electrons. The van der Waals surface area contributed by atoms with Crippen LogP contribution in [-0.2, 0) is 6.54 Å². The van der Waals surface area contributed by atoms with Gasteiger partial charge in [-0.2, -0.15) is 0 Å². The molecule has 1 aromatic carbocycles. The van der Waals surface area contributed by atoms with Crippen LogP contribution in [0.15, 0.2) is 18.2 Å². The van der Waals surface area contributed by atoms with Crippen molar-refractivity contribution in [2.24, 2.45) is 0 Å². The van der Waals surface area contributed by atoms with Crippen molar-refractivity contribution in [3.63, 3.8) is 0 Å². The fraction of sp³-hybridized carbons (Fsp3) is 0.625. The molecule has 0 bridgehead atoms. The Balaban J connectivity index is 1.68. The largest absolute Gasteiger partial charge is 0.388 e. The van der Waals surface area contributed by atoms with E-state index in [-0.39, 0.29) is 0 Å². The van der Waals surface area contributed by atoms with Crippen molar-refractivity contribution in [1.82, 2.24) is 5.32 Å². The maximum absolute atomic E-state index is 10.1. The third-order valence-electron chi connectivity index (χ3n) is 4.23. The Kier molecular flexibility index (Phi) is 3.27. The van der Waals surface area contributed by atoms with Gasteiger partial charge in [-0.25, -0.2) is 0 Å². The molecule has 3 rings (SSSR count). The molecule has 1 saturated heterocycles. The van der Waals surface area contributed by atoms with Gasteiger partial charge in [-0.05, 0) is 50.3 Å². The number of benzene rings is 1. The van der Waals surface area contributed by atoms with Gasteiger partial charge >= 0.3 is 0 Å². The van der Waals surface area contributed by atoms with Crippen molar-refractivity contribution < 1.29 is 5.11 Å². The molecule has 1 saturated carbocycles. The summed E-state index contributed by atoms with van der Waals surface area (Å²) in [4.78, 5) is 2.30. The monoisotopic (exact) mass is 260 g/mol. The van der Waals surface area contributed by atoms with E-state index in [0.717, 1.165) is 32.1 Å². The highest BCUT2D eigenvalue weighted by Gasteiger charge is 2.31. The van der Waals surface area contributed by atoms with Gasteiger partial charge in [0.1, 0.15) is 0 Å². The number of rotatable bonds is 4. The molecule has 2 fully saturated rings. The third-order valence-corrected chi connectivity index (χ3v) is 4.23. The molecule has 2 N–H and O–H groups in total. The molecule has 2 aliphatic rings. The lowest BCUT2D eigenvalue weighted by Gasteiger charge is -2.23. The Labute approximate surface area is 115 Å². The topological polar surface area (TPSA) is 35.5 Å². The zero-order valence-corrected chi connectivity index (χ0v) is 11.9. The molecule has 1 aromatic rings. The van der Waals surface area contributed by atoms with Gasteiger partial charge in [-0.3, -0.25) is 0 Å². The van der Waals surface area contributed by atoms with Crippen LogP contribution in [0.3, 0.4) is 0 Å². The number of hydrogen-bond donors (Lipinski definition) is 2. The first kappa shape index (κ1) is 12.9. The Hall–Kier alpha value is -1.06. The van der Waals surface area contributed by atoms with Gasteiger partial charge in [0.15, 0.2) is 0 Å². The molecule has 3 heteroatoms. The SMILES string of the molecule is Cc1cc(CNC2CC2)ccc1N1CCC(C)(O)C1. The van der Waals surface area contributed by atoms with E-state index < -0.39 is 5.60 Å². The maximum atomic E-state index is 10.1. The predicted molar refractivity (Wildman–Crippen MR) is 78.5 cm³/mol. The smallest absolute Gasteiger partial charge is 0.0810 e. The van der Waals surface area contributed by atoms with E-state index in [0.29, 0.717) is 0 Å². The second-order valence-corrected chi connectivity index (χ2v) is 6.44. The standard InChI is InChI=1S/C16H24N2O/c1-12-9-13(10-17-14-4-5-14)3-6-15(12)18-8-7-16(2,19)11-18/h3,6,9,14,17,19H,4-5,7-8,10-11H2,1-2H3. The highest BCUT2D eigenvalue weighted by Crippen LogP contribution is 2.29. The van der Waals surface area contributed by atoms with Gasteiger partial charge in [-0.1, -0.05) is 12.1 Å². The Bertz CT molecular complexity index is 466. The molecule has 1 atom stereocenters. The molecule has 19 heavy (non-hydrogen) atoms. The Morgan fingerprint density at radius 2 is 2.21 bits per heavy atom. The summed E-state index contributed by atoms with van der Waals surface area (Å²) in [5.41, 5.74) is 3.42. The third kappa shape index (κ3) is 3.10. The minimum atomic E-state index is -0.529. The molecule has 104 valence electrons. The number of hydrogen-bond acceptors (Lipinski definition) is 3. The second kappa shape index (κ2) is 4.80. The lowest BCUT2D eigenvalue weighted by atomic mass is 10.1. The summed E-state index contributed by atoms with van der Waals surface area (Å²) in [5.74, 6) is 0. The summed E-state index contributed by atoms with van der Waals surface area (Å²) in [6.07, 6.45) is 3.53. The summed E-state index contributed by atoms with van der Waals surface area (Å²) in [5, 5.41) is 13.6. The van der Waals surface area contributed by atoms with Crippen LogP contribution in [0.25, 0.3) is 0 Å². The highest BCUT2D eigenvalue weighted by molar-refractivity contribution is 5.55. The van der Waals surface area contributed by atoms with Crippen LogP contribution in [0.5, 0.6) is 0 Å². The van der Waals surface area contributed by atoms with Crippen LogP contribution < -0.4 is 10.2 Å². The van der Waals surface area contributed by atoms with Crippen molar-refractivity contribution in [2.45, 2.75) is 51.3 Å². The molecule has 1 aliphatic carbocycles. The number of aliphatic hydroxyl groups is 1. The highest BCUT2D eigenvalue weighted by atomic mass is 16.3. The van der Waals surface area contributed by atoms with Crippen LogP contribution >= 0.6 is 0 Å². The summed E-state index contributed by atoms with van der Waals surface area (Å²) in [7, 11) is 0. The number of nitrogens with one attached hydrogen (secondary N) is 1. The van der Waals surface area contributed by atoms with E-state index in [1.165, 1.54) is 29.7 Å². The summed E-state index contributed by atoms with van der Waals surface area (Å²) in [6, 6.07) is 7.46. The van der Waals surface area contributed by atoms with Gasteiger partial charge in [-0.15, -0.1) is 0 Å². The Morgan fingerprint density at radius 1 is 1.42 bits per heavy atom. The van der Waals surface area contributed by atoms with Crippen LogP contribution in [-0.4, -0.2) is 29.8 Å². The van der Waals surface area contributed by atoms with Crippen molar-refractivity contribution >= 4 is 5.69 Å². The quantitative estimate of drug-likeness (QED) is 0.871. The minimum absolute atomic E-state index is 0.529. The van der Waals surface area contributed by atoms with E-state index in [2.05, 4.69) is 35.3 Å². The number of aryl methyl sites for hydroxylation is 1. The Morgan fingerprint density at radius 3 is 2.79 bits per heavy atom. The van der Waals surface area contributed by atoms with Crippen molar-refractivity contribution in [2.75, 3.05) is 18.0 Å². The first-order valence-electron chi connectivity index (χ1n) is 7.34. The minimum Gasteiger partial charge on any atom is -0.388 e. The maximum Gasteiger partial charge on any atom is 0.0810 e. The van der Waals surface area contributed by atoms with E-state index in [9.17, 15) is 5.11 Å². The zero-order valence-electron chi connectivity index (χ0n) is 11.9. The predicted octanol–water partition coefficient (Wildman–Crippen LogP) is 2.21. The summed E-state index contributed by atoms with van der Waals surface area (Å²) < 4.78 is 0. The molecule has 0 aromatic heterocycles. The summed E-state index contributed by atoms with van der Waals surface area (Å²) in [6.45, 7) is 6.77. The molecule has 1 unspecified atom stereocenters. The normalized spacial score (nSPS) is 27.0. The van der Waals surface area contributed by atoms with Gasteiger partial charge in [0.25, 0.3) is 0 Å². The number of β-amino-alcohol motifs (C(OH)–C–C–N with tert-alkyl or cyclic N) is 1. The fourth-order valence-electron chi connectivity index (χ4n) is 2.88. The molecule has 0 spiro atoms. The summed E-state index contributed by atoms with van der Waals surface area (Å²) >= 11 is 0. The molecular formula is C16H24N2O. The van der Waals surface area contributed by atoms with Gasteiger partial charge in [0, 0.05) is 31.4 Å². The first-order valence-corrected chi connectivity index (χ1v) is 7.34. The van der Waals surface area contributed by atoms with E-state index >= 15 is 0 Å². The van der Waals surface area contributed by atoms with Crippen molar-refractivity contribution in [3.05, 3.63) is 29.3 Å². The average molecular weight is 260 g/mol. The molecule has 1 aliphatic heterocycles. The second-order valence-electron chi connectivity index (χ2n) is 6.44. The number of anilines is 1. The first-order chi connectivity index (χ1) is 9.03. The lowest BCUT2D eigenvalue weighted by molar-refractivity contribution is 0.0839. The van der Waals surface area contributed by atoms with Crippen LogP contribution in [0.2, 0.25) is 0 Å². The van der Waals surface area contributed by atoms with Gasteiger partial charge in [0.05, 0.1) is 5.60 Å². The van der Waals surface area contributed by atoms with Gasteiger partial charge < -0.3 is 15.3 Å². The molecule has 0 amide bonds. The van der Waals surface area contributed by atoms with Crippen molar-refractivity contribution in [1.29, 1.82) is 0 Å². The molecular weight excluding hydrogens is 236 g/mol. The van der Waals surface area contributed by atoms with Gasteiger partial charge in [0.2, 0.25) is 0 Å². The van der Waals surface area contributed by atoms with Crippen LogP contribution in [0, 0.1) is 6.92 Å². The number of nitrogens with zero attached hydrogens (tertiary/aromatic N) is 1. The zero-order chi connectivity index (χ0) is 13.5. The van der Waals surface area contributed by atoms with Crippen LogP contribution in [0.4, 0.5) is 5.69 Å². The average Bonchev–Trinajstić information content (AvgIpc) is 3.11. The van der Waals surface area contributed by atoms with Crippen LogP contribution in [0.1, 0.15) is 37.3 Å². The molecule has 1 heterocycles. The van der Waals surface area contributed by atoms with E-state index in [4.69, 9.17) is 0 Å². The lowest BCUT2D eigenvalue weighted by Crippen LogP contribution is -2.29.